The second-order valence-electron chi connectivity index (χ2n) is 4.21. The normalized spacial score (nSPS) is 12.1. The Hall–Kier alpha value is -2.03. The van der Waals surface area contributed by atoms with Gasteiger partial charge in [-0.3, -0.25) is 4.98 Å². The monoisotopic (exact) mass is 227 g/mol. The number of nitrogens with one attached hydrogen (secondary N) is 1. The molecule has 0 amide bonds. The minimum Gasteiger partial charge on any atom is -0.397 e. The first-order chi connectivity index (χ1) is 8.16. The standard InChI is InChI=1S/C14H17N3/c1-10-6-7-14(12(15)9-10)17-11(2)13-5-3-4-8-16-13/h3-9,11,17H,15H2,1-2H3. The van der Waals surface area contributed by atoms with E-state index in [2.05, 4.69) is 17.2 Å². The van der Waals surface area contributed by atoms with Crippen LogP contribution in [0.25, 0.3) is 0 Å². The van der Waals surface area contributed by atoms with E-state index in [9.17, 15) is 0 Å². The van der Waals surface area contributed by atoms with Crippen LogP contribution in [0.1, 0.15) is 24.2 Å². The molecule has 0 fully saturated rings. The van der Waals surface area contributed by atoms with Crippen LogP contribution in [0.5, 0.6) is 0 Å². The average molecular weight is 227 g/mol. The summed E-state index contributed by atoms with van der Waals surface area (Å²) in [4.78, 5) is 4.32. The Morgan fingerprint density at radius 3 is 2.71 bits per heavy atom. The number of pyridine rings is 1. The second kappa shape index (κ2) is 4.87. The van der Waals surface area contributed by atoms with Crippen LogP contribution in [0.2, 0.25) is 0 Å². The summed E-state index contributed by atoms with van der Waals surface area (Å²) in [6.07, 6.45) is 1.80. The summed E-state index contributed by atoms with van der Waals surface area (Å²) in [6, 6.07) is 12.1. The zero-order valence-corrected chi connectivity index (χ0v) is 10.1. The number of rotatable bonds is 3. The molecule has 1 aromatic heterocycles. The van der Waals surface area contributed by atoms with Gasteiger partial charge in [0.2, 0.25) is 0 Å². The number of hydrogen-bond acceptors (Lipinski definition) is 3. The third-order valence-corrected chi connectivity index (χ3v) is 2.71. The number of benzene rings is 1. The van der Waals surface area contributed by atoms with E-state index in [0.717, 1.165) is 17.1 Å². The Morgan fingerprint density at radius 1 is 1.24 bits per heavy atom. The zero-order valence-electron chi connectivity index (χ0n) is 10.1. The average Bonchev–Trinajstić information content (AvgIpc) is 2.34. The van der Waals surface area contributed by atoms with Gasteiger partial charge in [0.05, 0.1) is 23.1 Å². The molecule has 3 N–H and O–H groups in total. The number of aryl methyl sites for hydroxylation is 1. The predicted octanol–water partition coefficient (Wildman–Crippen LogP) is 3.15. The largest absolute Gasteiger partial charge is 0.397 e. The fraction of sp³-hybridized carbons (Fsp3) is 0.214. The maximum atomic E-state index is 5.96. The van der Waals surface area contributed by atoms with Crippen molar-refractivity contribution in [3.8, 4) is 0 Å². The highest BCUT2D eigenvalue weighted by atomic mass is 15.0. The van der Waals surface area contributed by atoms with Crippen LogP contribution in [0.3, 0.4) is 0 Å². The van der Waals surface area contributed by atoms with Crippen LogP contribution >= 0.6 is 0 Å². The molecule has 1 unspecified atom stereocenters. The van der Waals surface area contributed by atoms with Gasteiger partial charge in [-0.15, -0.1) is 0 Å². The molecule has 1 heterocycles. The molecule has 0 bridgehead atoms. The van der Waals surface area contributed by atoms with E-state index in [1.165, 1.54) is 5.56 Å². The highest BCUT2D eigenvalue weighted by Crippen LogP contribution is 2.24. The number of nitrogens with two attached hydrogens (primary N) is 1. The van der Waals surface area contributed by atoms with Crippen LogP contribution in [-0.2, 0) is 0 Å². The van der Waals surface area contributed by atoms with E-state index in [1.807, 2.05) is 43.3 Å². The molecule has 1 aromatic carbocycles. The summed E-state index contributed by atoms with van der Waals surface area (Å²) in [5, 5.41) is 3.37. The summed E-state index contributed by atoms with van der Waals surface area (Å²) in [6.45, 7) is 4.10. The van der Waals surface area contributed by atoms with Crippen molar-refractivity contribution in [2.45, 2.75) is 19.9 Å². The molecular formula is C14H17N3. The summed E-state index contributed by atoms with van der Waals surface area (Å²) in [5.41, 5.74) is 9.86. The lowest BCUT2D eigenvalue weighted by atomic mass is 10.1. The van der Waals surface area contributed by atoms with Crippen molar-refractivity contribution in [3.63, 3.8) is 0 Å². The molecule has 88 valence electrons. The molecule has 2 rings (SSSR count). The third kappa shape index (κ3) is 2.75. The number of nitrogen functional groups attached to an aromatic ring is 1. The Morgan fingerprint density at radius 2 is 2.06 bits per heavy atom. The van der Waals surface area contributed by atoms with Gasteiger partial charge in [0.25, 0.3) is 0 Å². The summed E-state index contributed by atoms with van der Waals surface area (Å²) in [7, 11) is 0. The topological polar surface area (TPSA) is 50.9 Å². The van der Waals surface area contributed by atoms with Gasteiger partial charge in [-0.25, -0.2) is 0 Å². The van der Waals surface area contributed by atoms with Crippen LogP contribution in [0.4, 0.5) is 11.4 Å². The summed E-state index contributed by atoms with van der Waals surface area (Å²) in [5.74, 6) is 0. The highest BCUT2D eigenvalue weighted by Gasteiger charge is 2.07. The molecule has 3 nitrogen and oxygen atoms in total. The van der Waals surface area contributed by atoms with Crippen LogP contribution in [0, 0.1) is 6.92 Å². The number of hydrogen-bond donors (Lipinski definition) is 2. The smallest absolute Gasteiger partial charge is 0.0657 e. The van der Waals surface area contributed by atoms with Gasteiger partial charge < -0.3 is 11.1 Å². The predicted molar refractivity (Wildman–Crippen MR) is 71.9 cm³/mol. The molecular weight excluding hydrogens is 210 g/mol. The van der Waals surface area contributed by atoms with Gasteiger partial charge in [-0.05, 0) is 43.7 Å². The number of anilines is 2. The molecule has 0 aliphatic rings. The van der Waals surface area contributed by atoms with Crippen molar-refractivity contribution in [3.05, 3.63) is 53.9 Å². The molecule has 3 heteroatoms. The Kier molecular flexibility index (Phi) is 3.28. The van der Waals surface area contributed by atoms with Crippen molar-refractivity contribution < 1.29 is 0 Å². The minimum atomic E-state index is 0.140. The Balaban J connectivity index is 2.16. The SMILES string of the molecule is Cc1ccc(NC(C)c2ccccn2)c(N)c1. The summed E-state index contributed by atoms with van der Waals surface area (Å²) < 4.78 is 0. The quantitative estimate of drug-likeness (QED) is 0.792. The highest BCUT2D eigenvalue weighted by molar-refractivity contribution is 5.67. The molecule has 0 spiro atoms. The number of nitrogens with zero attached hydrogens (tertiary/aromatic N) is 1. The maximum Gasteiger partial charge on any atom is 0.0657 e. The molecule has 1 atom stereocenters. The van der Waals surface area contributed by atoms with Crippen LogP contribution in [-0.4, -0.2) is 4.98 Å². The molecule has 0 aliphatic heterocycles. The van der Waals surface area contributed by atoms with Crippen molar-refractivity contribution in [2.24, 2.45) is 0 Å². The molecule has 0 aliphatic carbocycles. The summed E-state index contributed by atoms with van der Waals surface area (Å²) >= 11 is 0. The first-order valence-electron chi connectivity index (χ1n) is 5.70. The van der Waals surface area contributed by atoms with Gasteiger partial charge in [0.1, 0.15) is 0 Å². The lowest BCUT2D eigenvalue weighted by Gasteiger charge is -2.16. The molecule has 0 radical (unpaired) electrons. The van der Waals surface area contributed by atoms with Gasteiger partial charge in [-0.1, -0.05) is 12.1 Å². The maximum absolute atomic E-state index is 5.96. The lowest BCUT2D eigenvalue weighted by Crippen LogP contribution is -2.09. The Bertz CT molecular complexity index is 494. The van der Waals surface area contributed by atoms with Gasteiger partial charge in [0, 0.05) is 6.20 Å². The third-order valence-electron chi connectivity index (χ3n) is 2.71. The van der Waals surface area contributed by atoms with E-state index in [-0.39, 0.29) is 6.04 Å². The van der Waals surface area contributed by atoms with E-state index >= 15 is 0 Å². The molecule has 2 aromatic rings. The molecule has 0 saturated carbocycles. The van der Waals surface area contributed by atoms with Crippen molar-refractivity contribution >= 4 is 11.4 Å². The van der Waals surface area contributed by atoms with E-state index in [1.54, 1.807) is 6.20 Å². The van der Waals surface area contributed by atoms with Gasteiger partial charge >= 0.3 is 0 Å². The fourth-order valence-corrected chi connectivity index (χ4v) is 1.75. The van der Waals surface area contributed by atoms with Gasteiger partial charge in [0.15, 0.2) is 0 Å². The fourth-order valence-electron chi connectivity index (χ4n) is 1.75. The molecule has 17 heavy (non-hydrogen) atoms. The number of aromatic nitrogens is 1. The second-order valence-corrected chi connectivity index (χ2v) is 4.21. The minimum absolute atomic E-state index is 0.140. The van der Waals surface area contributed by atoms with Crippen molar-refractivity contribution in [2.75, 3.05) is 11.1 Å². The van der Waals surface area contributed by atoms with Crippen molar-refractivity contribution in [1.29, 1.82) is 0 Å². The first-order valence-corrected chi connectivity index (χ1v) is 5.70. The van der Waals surface area contributed by atoms with Crippen molar-refractivity contribution in [1.82, 2.24) is 4.98 Å². The lowest BCUT2D eigenvalue weighted by molar-refractivity contribution is 0.840. The van der Waals surface area contributed by atoms with Crippen LogP contribution < -0.4 is 11.1 Å². The van der Waals surface area contributed by atoms with E-state index in [4.69, 9.17) is 5.73 Å². The van der Waals surface area contributed by atoms with Gasteiger partial charge in [-0.2, -0.15) is 0 Å². The Labute approximate surface area is 102 Å². The van der Waals surface area contributed by atoms with E-state index < -0.39 is 0 Å². The van der Waals surface area contributed by atoms with Crippen LogP contribution in [0.15, 0.2) is 42.6 Å². The first kappa shape index (κ1) is 11.5. The van der Waals surface area contributed by atoms with E-state index in [0.29, 0.717) is 0 Å². The zero-order chi connectivity index (χ0) is 12.3. The molecule has 0 saturated heterocycles.